The van der Waals surface area contributed by atoms with Crippen molar-refractivity contribution in [3.8, 4) is 0 Å². The Kier molecular flexibility index (Phi) is 5.12. The van der Waals surface area contributed by atoms with Crippen molar-refractivity contribution in [3.63, 3.8) is 0 Å². The third-order valence-corrected chi connectivity index (χ3v) is 4.20. The molecule has 1 fully saturated rings. The van der Waals surface area contributed by atoms with E-state index in [4.69, 9.17) is 5.11 Å². The van der Waals surface area contributed by atoms with E-state index in [1.54, 1.807) is 0 Å². The average molecular weight is 276 g/mol. The number of aryl methyl sites for hydroxylation is 1. The normalized spacial score (nSPS) is 21.6. The van der Waals surface area contributed by atoms with Crippen LogP contribution >= 0.6 is 0 Å². The van der Waals surface area contributed by atoms with Crippen molar-refractivity contribution in [3.05, 3.63) is 29.6 Å². The first-order valence-electron chi connectivity index (χ1n) is 7.40. The maximum Gasteiger partial charge on any atom is 0.303 e. The highest BCUT2D eigenvalue weighted by molar-refractivity contribution is 5.67. The zero-order chi connectivity index (χ0) is 14.5. The second-order valence-electron chi connectivity index (χ2n) is 6.04. The summed E-state index contributed by atoms with van der Waals surface area (Å²) in [4.78, 5) is 17.7. The molecule has 1 N–H and O–H groups in total. The van der Waals surface area contributed by atoms with E-state index in [1.807, 2.05) is 13.1 Å². The zero-order valence-corrected chi connectivity index (χ0v) is 12.4. The fraction of sp³-hybridized carbons (Fsp3) is 0.625. The van der Waals surface area contributed by atoms with Crippen LogP contribution in [0, 0.1) is 18.8 Å². The molecule has 0 spiro atoms. The molecule has 0 saturated carbocycles. The van der Waals surface area contributed by atoms with E-state index in [0.29, 0.717) is 5.92 Å². The lowest BCUT2D eigenvalue weighted by atomic mass is 9.84. The van der Waals surface area contributed by atoms with Crippen LogP contribution in [0.15, 0.2) is 18.3 Å². The Morgan fingerprint density at radius 2 is 2.35 bits per heavy atom. The lowest BCUT2D eigenvalue weighted by molar-refractivity contribution is -0.138. The van der Waals surface area contributed by atoms with Gasteiger partial charge in [-0.3, -0.25) is 14.7 Å². The Bertz CT molecular complexity index is 444. The Labute approximate surface area is 120 Å². The van der Waals surface area contributed by atoms with Gasteiger partial charge >= 0.3 is 5.97 Å². The monoisotopic (exact) mass is 276 g/mol. The number of carbonyl (C=O) groups is 1. The van der Waals surface area contributed by atoms with Crippen LogP contribution in [-0.4, -0.2) is 34.0 Å². The molecule has 1 aliphatic rings. The van der Waals surface area contributed by atoms with Gasteiger partial charge in [0.25, 0.3) is 0 Å². The van der Waals surface area contributed by atoms with E-state index in [0.717, 1.165) is 38.2 Å². The summed E-state index contributed by atoms with van der Waals surface area (Å²) in [5.41, 5.74) is 2.28. The molecule has 2 rings (SSSR count). The summed E-state index contributed by atoms with van der Waals surface area (Å²) in [6, 6.07) is 4.18. The molecule has 2 atom stereocenters. The highest BCUT2D eigenvalue weighted by Crippen LogP contribution is 2.26. The number of nitrogens with zero attached hydrogens (tertiary/aromatic N) is 2. The predicted molar refractivity (Wildman–Crippen MR) is 78.4 cm³/mol. The summed E-state index contributed by atoms with van der Waals surface area (Å²) >= 11 is 0. The Hall–Kier alpha value is -1.42. The maximum absolute atomic E-state index is 10.8. The first-order valence-corrected chi connectivity index (χ1v) is 7.40. The molecule has 0 aromatic carbocycles. The summed E-state index contributed by atoms with van der Waals surface area (Å²) in [6.07, 6.45) is 4.48. The van der Waals surface area contributed by atoms with E-state index in [2.05, 4.69) is 28.9 Å². The van der Waals surface area contributed by atoms with Crippen molar-refractivity contribution in [1.82, 2.24) is 9.88 Å². The van der Waals surface area contributed by atoms with Crippen molar-refractivity contribution < 1.29 is 9.90 Å². The predicted octanol–water partition coefficient (Wildman–Crippen LogP) is 2.71. The van der Waals surface area contributed by atoms with Crippen LogP contribution in [0.2, 0.25) is 0 Å². The molecule has 2 heterocycles. The van der Waals surface area contributed by atoms with Crippen LogP contribution in [0.3, 0.4) is 0 Å². The quantitative estimate of drug-likeness (QED) is 0.898. The number of carboxylic acids is 1. The van der Waals surface area contributed by atoms with Crippen LogP contribution in [0.4, 0.5) is 0 Å². The maximum atomic E-state index is 10.8. The first-order chi connectivity index (χ1) is 9.54. The van der Waals surface area contributed by atoms with Gasteiger partial charge in [0.1, 0.15) is 0 Å². The highest BCUT2D eigenvalue weighted by atomic mass is 16.4. The lowest BCUT2D eigenvalue weighted by Crippen LogP contribution is -2.38. The first kappa shape index (κ1) is 15.0. The standard InChI is InChI=1S/C16H24N2O2/c1-12-5-6-15(17-9-12)11-18-7-3-4-14(10-18)13(2)8-16(19)20/h5-6,9,13-14H,3-4,7-8,10-11H2,1-2H3,(H,19,20). The highest BCUT2D eigenvalue weighted by Gasteiger charge is 2.26. The fourth-order valence-electron chi connectivity index (χ4n) is 2.96. The van der Waals surface area contributed by atoms with Gasteiger partial charge in [0, 0.05) is 25.7 Å². The van der Waals surface area contributed by atoms with Gasteiger partial charge in [-0.25, -0.2) is 0 Å². The molecule has 4 nitrogen and oxygen atoms in total. The summed E-state index contributed by atoms with van der Waals surface area (Å²) in [5, 5.41) is 8.92. The van der Waals surface area contributed by atoms with Gasteiger partial charge in [-0.1, -0.05) is 13.0 Å². The van der Waals surface area contributed by atoms with E-state index in [-0.39, 0.29) is 12.3 Å². The minimum absolute atomic E-state index is 0.251. The molecule has 110 valence electrons. The Morgan fingerprint density at radius 1 is 1.55 bits per heavy atom. The number of pyridine rings is 1. The molecule has 0 amide bonds. The van der Waals surface area contributed by atoms with Gasteiger partial charge in [-0.15, -0.1) is 0 Å². The summed E-state index contributed by atoms with van der Waals surface area (Å²) < 4.78 is 0. The molecule has 1 aliphatic heterocycles. The van der Waals surface area contributed by atoms with E-state index in [1.165, 1.54) is 5.56 Å². The van der Waals surface area contributed by atoms with Crippen LogP contribution in [0.1, 0.15) is 37.4 Å². The average Bonchev–Trinajstić information content (AvgIpc) is 2.41. The molecular formula is C16H24N2O2. The third-order valence-electron chi connectivity index (χ3n) is 4.20. The SMILES string of the molecule is Cc1ccc(CN2CCCC(C(C)CC(=O)O)C2)nc1. The molecule has 0 aliphatic carbocycles. The molecule has 1 aromatic heterocycles. The minimum atomic E-state index is -0.685. The van der Waals surface area contributed by atoms with Gasteiger partial charge in [0.05, 0.1) is 5.69 Å². The largest absolute Gasteiger partial charge is 0.481 e. The molecule has 20 heavy (non-hydrogen) atoms. The summed E-state index contributed by atoms with van der Waals surface area (Å²) in [7, 11) is 0. The molecule has 4 heteroatoms. The number of piperidine rings is 1. The topological polar surface area (TPSA) is 53.4 Å². The number of aliphatic carboxylic acids is 1. The number of rotatable bonds is 5. The second kappa shape index (κ2) is 6.84. The third kappa shape index (κ3) is 4.30. The van der Waals surface area contributed by atoms with Crippen LogP contribution < -0.4 is 0 Å². The minimum Gasteiger partial charge on any atom is -0.481 e. The summed E-state index contributed by atoms with van der Waals surface area (Å²) in [5.74, 6) is 0.0569. The molecule has 0 radical (unpaired) electrons. The fourth-order valence-corrected chi connectivity index (χ4v) is 2.96. The molecular weight excluding hydrogens is 252 g/mol. The van der Waals surface area contributed by atoms with Crippen molar-refractivity contribution >= 4 is 5.97 Å². The van der Waals surface area contributed by atoms with Gasteiger partial charge in [0.2, 0.25) is 0 Å². The van der Waals surface area contributed by atoms with Gasteiger partial charge in [-0.05, 0) is 49.8 Å². The van der Waals surface area contributed by atoms with E-state index < -0.39 is 5.97 Å². The van der Waals surface area contributed by atoms with Gasteiger partial charge in [-0.2, -0.15) is 0 Å². The van der Waals surface area contributed by atoms with E-state index in [9.17, 15) is 4.79 Å². The van der Waals surface area contributed by atoms with Crippen LogP contribution in [0.25, 0.3) is 0 Å². The second-order valence-corrected chi connectivity index (χ2v) is 6.04. The molecule has 1 saturated heterocycles. The smallest absolute Gasteiger partial charge is 0.303 e. The van der Waals surface area contributed by atoms with Crippen molar-refractivity contribution in [1.29, 1.82) is 0 Å². The number of hydrogen-bond donors (Lipinski definition) is 1. The number of hydrogen-bond acceptors (Lipinski definition) is 3. The molecule has 0 bridgehead atoms. The lowest BCUT2D eigenvalue weighted by Gasteiger charge is -2.35. The molecule has 1 aromatic rings. The van der Waals surface area contributed by atoms with Gasteiger partial charge in [0.15, 0.2) is 0 Å². The van der Waals surface area contributed by atoms with Crippen molar-refractivity contribution in [2.45, 2.75) is 39.7 Å². The van der Waals surface area contributed by atoms with Crippen LogP contribution in [-0.2, 0) is 11.3 Å². The van der Waals surface area contributed by atoms with E-state index >= 15 is 0 Å². The number of carboxylic acid groups (broad SMARTS) is 1. The zero-order valence-electron chi connectivity index (χ0n) is 12.4. The number of likely N-dealkylation sites (tertiary alicyclic amines) is 1. The Balaban J connectivity index is 1.89. The number of aromatic nitrogens is 1. The van der Waals surface area contributed by atoms with Crippen LogP contribution in [0.5, 0.6) is 0 Å². The van der Waals surface area contributed by atoms with Crippen molar-refractivity contribution in [2.75, 3.05) is 13.1 Å². The van der Waals surface area contributed by atoms with Crippen molar-refractivity contribution in [2.24, 2.45) is 11.8 Å². The summed E-state index contributed by atoms with van der Waals surface area (Å²) in [6.45, 7) is 7.06. The molecule has 2 unspecified atom stereocenters. The van der Waals surface area contributed by atoms with Gasteiger partial charge < -0.3 is 5.11 Å². The Morgan fingerprint density at radius 3 is 3.00 bits per heavy atom.